The lowest BCUT2D eigenvalue weighted by Gasteiger charge is -2.26. The molecule has 0 amide bonds. The maximum absolute atomic E-state index is 13.7. The number of nitrogens with zero attached hydrogens (tertiary/aromatic N) is 4. The first kappa shape index (κ1) is 25.1. The number of halogens is 3. The van der Waals surface area contributed by atoms with Gasteiger partial charge < -0.3 is 15.4 Å². The van der Waals surface area contributed by atoms with Crippen LogP contribution in [0.15, 0.2) is 24.5 Å². The Morgan fingerprint density at radius 3 is 2.74 bits per heavy atom. The van der Waals surface area contributed by atoms with Crippen molar-refractivity contribution in [3.63, 3.8) is 0 Å². The molecule has 0 bridgehead atoms. The van der Waals surface area contributed by atoms with Crippen LogP contribution in [0.4, 0.5) is 24.9 Å². The third-order valence-corrected chi connectivity index (χ3v) is 6.88. The fraction of sp³-hybridized carbons (Fsp3) is 0.400. The molecule has 0 aromatic carbocycles. The Balaban J connectivity index is 1.54. The summed E-state index contributed by atoms with van der Waals surface area (Å²) in [5, 5.41) is 6.85. The van der Waals surface area contributed by atoms with Crippen molar-refractivity contribution in [2.75, 3.05) is 23.1 Å². The van der Waals surface area contributed by atoms with Crippen molar-refractivity contribution >= 4 is 33.1 Å². The highest BCUT2D eigenvalue weighted by molar-refractivity contribution is 7.92. The van der Waals surface area contributed by atoms with Crippen LogP contribution in [0, 0.1) is 13.8 Å². The number of anilines is 2. The molecule has 2 atom stereocenters. The average Bonchev–Trinajstić information content (AvgIpc) is 3.15. The smallest absolute Gasteiger partial charge is 0.355 e. The lowest BCUT2D eigenvalue weighted by Crippen LogP contribution is -2.44. The van der Waals surface area contributed by atoms with Gasteiger partial charge in [0.15, 0.2) is 0 Å². The molecule has 1 saturated heterocycles. The number of sulfonamides is 1. The lowest BCUT2D eigenvalue weighted by molar-refractivity contribution is 0.236. The van der Waals surface area contributed by atoms with Gasteiger partial charge in [0.25, 0.3) is 10.0 Å². The van der Waals surface area contributed by atoms with E-state index in [4.69, 9.17) is 4.74 Å². The second-order valence-corrected chi connectivity index (χ2v) is 10.7. The Bertz CT molecular complexity index is 1310. The molecule has 0 spiro atoms. The van der Waals surface area contributed by atoms with E-state index in [1.807, 2.05) is 0 Å². The van der Waals surface area contributed by atoms with Crippen LogP contribution in [0.3, 0.4) is 0 Å². The molecule has 3 aromatic rings. The highest BCUT2D eigenvalue weighted by Crippen LogP contribution is 2.37. The molecule has 1 fully saturated rings. The van der Waals surface area contributed by atoms with Gasteiger partial charge in [-0.2, -0.15) is 8.78 Å². The predicted molar refractivity (Wildman–Crippen MR) is 125 cm³/mol. The van der Waals surface area contributed by atoms with Crippen molar-refractivity contribution in [3.8, 4) is 22.2 Å². The standard InChI is InChI=1S/C20H22F3N7O3S2/c1-10-5-14(9-26-17(10)30-35(31,32)19(22)23)33-18-16(34-11(2)27-18)15-3-4-25-20(29-15)28-13-6-12(21)7-24-8-13/h3-5,9,12-13,19,24H,6-8H2,1-2H3,(H,26,30)(H,25,28,29)/t12-,13-/m0/s1. The minimum atomic E-state index is -4.85. The molecule has 10 nitrogen and oxygen atoms in total. The molecule has 35 heavy (non-hydrogen) atoms. The number of nitrogens with one attached hydrogen (secondary N) is 3. The topological polar surface area (TPSA) is 131 Å². The maximum Gasteiger partial charge on any atom is 0.355 e. The summed E-state index contributed by atoms with van der Waals surface area (Å²) in [4.78, 5) is 17.6. The highest BCUT2D eigenvalue weighted by atomic mass is 32.2. The minimum absolute atomic E-state index is 0.150. The van der Waals surface area contributed by atoms with E-state index in [2.05, 4.69) is 30.6 Å². The number of aromatic nitrogens is 4. The van der Waals surface area contributed by atoms with Crippen molar-refractivity contribution in [1.29, 1.82) is 0 Å². The summed E-state index contributed by atoms with van der Waals surface area (Å²) in [6.45, 7) is 4.22. The van der Waals surface area contributed by atoms with Gasteiger partial charge >= 0.3 is 5.76 Å². The molecule has 4 heterocycles. The number of hydrogen-bond acceptors (Lipinski definition) is 10. The zero-order valence-electron chi connectivity index (χ0n) is 18.6. The lowest BCUT2D eigenvalue weighted by atomic mass is 10.1. The monoisotopic (exact) mass is 529 g/mol. The summed E-state index contributed by atoms with van der Waals surface area (Å²) >= 11 is 1.34. The van der Waals surface area contributed by atoms with Gasteiger partial charge in [-0.3, -0.25) is 4.72 Å². The van der Waals surface area contributed by atoms with Crippen LogP contribution >= 0.6 is 11.3 Å². The molecule has 1 aliphatic heterocycles. The zero-order chi connectivity index (χ0) is 25.2. The Morgan fingerprint density at radius 2 is 2.03 bits per heavy atom. The van der Waals surface area contributed by atoms with Crippen LogP contribution in [0.5, 0.6) is 11.6 Å². The summed E-state index contributed by atoms with van der Waals surface area (Å²) < 4.78 is 69.4. The molecule has 188 valence electrons. The molecule has 3 N–H and O–H groups in total. The molecular weight excluding hydrogens is 507 g/mol. The van der Waals surface area contributed by atoms with Gasteiger partial charge in [-0.25, -0.2) is 32.7 Å². The molecule has 0 unspecified atom stereocenters. The van der Waals surface area contributed by atoms with Gasteiger partial charge in [-0.15, -0.1) is 11.3 Å². The molecule has 1 aliphatic rings. The highest BCUT2D eigenvalue weighted by Gasteiger charge is 2.25. The van der Waals surface area contributed by atoms with E-state index in [0.29, 0.717) is 41.0 Å². The fourth-order valence-corrected chi connectivity index (χ4v) is 4.77. The predicted octanol–water partition coefficient (Wildman–Crippen LogP) is 3.48. The normalized spacial score (nSPS) is 18.5. The summed E-state index contributed by atoms with van der Waals surface area (Å²) in [6.07, 6.45) is 2.18. The third-order valence-electron chi connectivity index (χ3n) is 4.96. The van der Waals surface area contributed by atoms with Crippen molar-refractivity contribution in [2.45, 2.75) is 38.2 Å². The van der Waals surface area contributed by atoms with E-state index >= 15 is 0 Å². The minimum Gasteiger partial charge on any atom is -0.436 e. The molecular formula is C20H22F3N7O3S2. The maximum atomic E-state index is 13.7. The van der Waals surface area contributed by atoms with Crippen LogP contribution in [0.25, 0.3) is 10.6 Å². The van der Waals surface area contributed by atoms with Gasteiger partial charge in [-0.05, 0) is 31.5 Å². The number of thiazole rings is 1. The number of hydrogen-bond donors (Lipinski definition) is 3. The van der Waals surface area contributed by atoms with E-state index < -0.39 is 22.0 Å². The van der Waals surface area contributed by atoms with Gasteiger partial charge in [0.05, 0.1) is 16.9 Å². The second-order valence-electron chi connectivity index (χ2n) is 7.81. The van der Waals surface area contributed by atoms with E-state index in [9.17, 15) is 21.6 Å². The van der Waals surface area contributed by atoms with Gasteiger partial charge in [0.2, 0.25) is 11.8 Å². The SMILES string of the molecule is Cc1nc(Oc2cnc(NS(=O)(=O)C(F)F)c(C)c2)c(-c2ccnc(N[C@@H]3CNC[C@@H](F)C3)n2)s1. The zero-order valence-corrected chi connectivity index (χ0v) is 20.3. The number of pyridine rings is 1. The summed E-state index contributed by atoms with van der Waals surface area (Å²) in [5.74, 6) is -3.01. The first-order chi connectivity index (χ1) is 16.6. The first-order valence-electron chi connectivity index (χ1n) is 10.5. The largest absolute Gasteiger partial charge is 0.436 e. The van der Waals surface area contributed by atoms with Crippen molar-refractivity contribution in [2.24, 2.45) is 0 Å². The molecule has 15 heteroatoms. The molecule has 3 aromatic heterocycles. The van der Waals surface area contributed by atoms with Gasteiger partial charge in [-0.1, -0.05) is 0 Å². The van der Waals surface area contributed by atoms with Crippen LogP contribution in [-0.2, 0) is 10.0 Å². The van der Waals surface area contributed by atoms with Crippen LogP contribution < -0.4 is 20.1 Å². The Labute approximate surface area is 203 Å². The van der Waals surface area contributed by atoms with Crippen LogP contribution in [0.1, 0.15) is 17.0 Å². The summed E-state index contributed by atoms with van der Waals surface area (Å²) in [5.41, 5.74) is 0.815. The number of piperidine rings is 1. The molecule has 0 radical (unpaired) electrons. The summed E-state index contributed by atoms with van der Waals surface area (Å²) in [6, 6.07) is 2.99. The van der Waals surface area contributed by atoms with E-state index in [1.165, 1.54) is 30.5 Å². The van der Waals surface area contributed by atoms with Gasteiger partial charge in [0, 0.05) is 31.7 Å². The van der Waals surface area contributed by atoms with E-state index in [1.54, 1.807) is 23.9 Å². The summed E-state index contributed by atoms with van der Waals surface area (Å²) in [7, 11) is -4.85. The fourth-order valence-electron chi connectivity index (χ4n) is 3.38. The average molecular weight is 530 g/mol. The molecule has 4 rings (SSSR count). The van der Waals surface area contributed by atoms with Crippen molar-refractivity contribution in [1.82, 2.24) is 25.3 Å². The van der Waals surface area contributed by atoms with E-state index in [-0.39, 0.29) is 29.1 Å². The number of alkyl halides is 3. The quantitative estimate of drug-likeness (QED) is 0.401. The van der Waals surface area contributed by atoms with E-state index in [0.717, 1.165) is 0 Å². The van der Waals surface area contributed by atoms with Crippen molar-refractivity contribution < 1.29 is 26.3 Å². The Morgan fingerprint density at radius 1 is 1.23 bits per heavy atom. The number of ether oxygens (including phenoxy) is 1. The molecule has 0 aliphatic carbocycles. The second kappa shape index (κ2) is 10.3. The van der Waals surface area contributed by atoms with Crippen LogP contribution in [0.2, 0.25) is 0 Å². The Hall–Kier alpha value is -3.04. The van der Waals surface area contributed by atoms with Crippen molar-refractivity contribution in [3.05, 3.63) is 35.1 Å². The number of aryl methyl sites for hydroxylation is 2. The molecule has 0 saturated carbocycles. The first-order valence-corrected chi connectivity index (χ1v) is 12.8. The van der Waals surface area contributed by atoms with Crippen LogP contribution in [-0.4, -0.2) is 59.4 Å². The number of rotatable bonds is 8. The van der Waals surface area contributed by atoms with Gasteiger partial charge in [0.1, 0.15) is 22.6 Å². The Kier molecular flexibility index (Phi) is 7.37. The third kappa shape index (κ3) is 6.15.